The third kappa shape index (κ3) is 2.67. The highest BCUT2D eigenvalue weighted by Crippen LogP contribution is 2.37. The second-order valence-corrected chi connectivity index (χ2v) is 5.21. The Morgan fingerprint density at radius 3 is 2.71 bits per heavy atom. The van der Waals surface area contributed by atoms with Gasteiger partial charge in [0.25, 0.3) is 0 Å². The number of hydrogen-bond donors (Lipinski definition) is 0. The van der Waals surface area contributed by atoms with Gasteiger partial charge in [0.15, 0.2) is 0 Å². The van der Waals surface area contributed by atoms with Crippen LogP contribution in [0.25, 0.3) is 0 Å². The van der Waals surface area contributed by atoms with Crippen molar-refractivity contribution in [2.45, 2.75) is 56.5 Å². The van der Waals surface area contributed by atoms with E-state index in [9.17, 15) is 4.79 Å². The molecule has 0 aromatic heterocycles. The lowest BCUT2D eigenvalue weighted by atomic mass is 9.87. The molecule has 2 aliphatic rings. The van der Waals surface area contributed by atoms with E-state index in [4.69, 9.17) is 18.8 Å². The number of fused-ring (bicyclic) bond motifs is 1. The zero-order valence-electron chi connectivity index (χ0n) is 10.1. The SMILES string of the molecule is CCB1OC2C(Br)OC(C(C)OC(C)=O)C2O1. The van der Waals surface area contributed by atoms with Gasteiger partial charge in [-0.05, 0) is 13.2 Å². The van der Waals surface area contributed by atoms with Crippen LogP contribution in [0.1, 0.15) is 20.8 Å². The third-order valence-corrected chi connectivity index (χ3v) is 3.70. The smallest absolute Gasteiger partial charge is 0.457 e. The van der Waals surface area contributed by atoms with E-state index in [1.54, 1.807) is 6.92 Å². The maximum absolute atomic E-state index is 10.9. The van der Waals surface area contributed by atoms with Crippen molar-refractivity contribution in [3.63, 3.8) is 0 Å². The molecule has 0 aromatic carbocycles. The highest BCUT2D eigenvalue weighted by Gasteiger charge is 2.54. The molecular formula is C10H16BBrO5. The minimum absolute atomic E-state index is 0.136. The Hall–Kier alpha value is -0.105. The highest BCUT2D eigenvalue weighted by atomic mass is 79.9. The first kappa shape index (κ1) is 13.3. The number of alkyl halides is 1. The van der Waals surface area contributed by atoms with Crippen LogP contribution in [0.15, 0.2) is 0 Å². The fourth-order valence-corrected chi connectivity index (χ4v) is 2.89. The summed E-state index contributed by atoms with van der Waals surface area (Å²) in [6.45, 7) is 5.19. The van der Waals surface area contributed by atoms with Gasteiger partial charge in [0, 0.05) is 6.92 Å². The average molecular weight is 307 g/mol. The zero-order valence-corrected chi connectivity index (χ0v) is 11.7. The van der Waals surface area contributed by atoms with Crippen molar-refractivity contribution in [1.82, 2.24) is 0 Å². The molecule has 7 heteroatoms. The fourth-order valence-electron chi connectivity index (χ4n) is 2.22. The summed E-state index contributed by atoms with van der Waals surface area (Å²) in [5.41, 5.74) is 0. The van der Waals surface area contributed by atoms with Crippen LogP contribution in [0, 0.1) is 0 Å². The third-order valence-electron chi connectivity index (χ3n) is 2.96. The first-order valence-electron chi connectivity index (χ1n) is 5.80. The van der Waals surface area contributed by atoms with Crippen molar-refractivity contribution in [2.75, 3.05) is 0 Å². The van der Waals surface area contributed by atoms with Gasteiger partial charge in [0.05, 0.1) is 0 Å². The maximum Gasteiger partial charge on any atom is 0.457 e. The van der Waals surface area contributed by atoms with Crippen molar-refractivity contribution < 1.29 is 23.6 Å². The second kappa shape index (κ2) is 5.26. The predicted octanol–water partition coefficient (Wildman–Crippen LogP) is 1.35. The summed E-state index contributed by atoms with van der Waals surface area (Å²) >= 11 is 3.41. The molecule has 0 aromatic rings. The number of ether oxygens (including phenoxy) is 2. The van der Waals surface area contributed by atoms with E-state index < -0.39 is 0 Å². The summed E-state index contributed by atoms with van der Waals surface area (Å²) in [5.74, 6) is -0.318. The molecular weight excluding hydrogens is 291 g/mol. The van der Waals surface area contributed by atoms with Gasteiger partial charge in [-0.1, -0.05) is 22.9 Å². The largest absolute Gasteiger partial charge is 0.460 e. The summed E-state index contributed by atoms with van der Waals surface area (Å²) < 4.78 is 22.3. The standard InChI is InChI=1S/C10H16BBrO5/c1-4-11-16-8-7(5(2)14-6(3)13)15-10(12)9(8)17-11/h5,7-10H,4H2,1-3H3. The molecule has 2 saturated heterocycles. The number of carbonyl (C=O) groups is 1. The van der Waals surface area contributed by atoms with Gasteiger partial charge in [-0.2, -0.15) is 0 Å². The minimum atomic E-state index is -0.346. The number of esters is 1. The molecule has 0 spiro atoms. The van der Waals surface area contributed by atoms with Crippen LogP contribution in [0.5, 0.6) is 0 Å². The van der Waals surface area contributed by atoms with Crippen molar-refractivity contribution in [2.24, 2.45) is 0 Å². The Kier molecular flexibility index (Phi) is 4.12. The topological polar surface area (TPSA) is 54.0 Å². The van der Waals surface area contributed by atoms with Crippen molar-refractivity contribution >= 4 is 29.0 Å². The monoisotopic (exact) mass is 306 g/mol. The van der Waals surface area contributed by atoms with Gasteiger partial charge >= 0.3 is 13.1 Å². The summed E-state index contributed by atoms with van der Waals surface area (Å²) in [6.07, 6.45) is -0.158. The van der Waals surface area contributed by atoms with Crippen LogP contribution in [0.3, 0.4) is 0 Å². The van der Waals surface area contributed by atoms with E-state index in [2.05, 4.69) is 15.9 Å². The number of halogens is 1. The number of carbonyl (C=O) groups excluding carboxylic acids is 1. The average Bonchev–Trinajstić information content (AvgIpc) is 2.78. The number of hydrogen-bond acceptors (Lipinski definition) is 5. The van der Waals surface area contributed by atoms with Crippen LogP contribution >= 0.6 is 15.9 Å². The van der Waals surface area contributed by atoms with E-state index in [0.717, 1.165) is 6.32 Å². The second-order valence-electron chi connectivity index (χ2n) is 4.31. The molecule has 2 rings (SSSR count). The van der Waals surface area contributed by atoms with Gasteiger partial charge in [0.1, 0.15) is 29.4 Å². The molecule has 0 saturated carbocycles. The normalized spacial score (nSPS) is 38.0. The first-order valence-corrected chi connectivity index (χ1v) is 6.72. The highest BCUT2D eigenvalue weighted by molar-refractivity contribution is 9.09. The Bertz CT molecular complexity index is 302. The fraction of sp³-hybridized carbons (Fsp3) is 0.900. The van der Waals surface area contributed by atoms with E-state index in [0.29, 0.717) is 0 Å². The summed E-state index contributed by atoms with van der Waals surface area (Å²) in [7, 11) is -0.194. The Morgan fingerprint density at radius 2 is 2.12 bits per heavy atom. The Labute approximate surface area is 109 Å². The summed E-state index contributed by atoms with van der Waals surface area (Å²) in [5, 5.41) is -0.216. The molecule has 96 valence electrons. The molecule has 0 amide bonds. The summed E-state index contributed by atoms with van der Waals surface area (Å²) in [4.78, 5) is 10.9. The molecule has 0 bridgehead atoms. The van der Waals surface area contributed by atoms with Crippen molar-refractivity contribution in [1.29, 1.82) is 0 Å². The lowest BCUT2D eigenvalue weighted by Crippen LogP contribution is -2.38. The lowest BCUT2D eigenvalue weighted by molar-refractivity contribution is -0.154. The molecule has 5 unspecified atom stereocenters. The molecule has 5 atom stereocenters. The van der Waals surface area contributed by atoms with E-state index in [1.807, 2.05) is 6.92 Å². The maximum atomic E-state index is 10.9. The van der Waals surface area contributed by atoms with Crippen LogP contribution in [-0.4, -0.2) is 42.5 Å². The molecule has 0 radical (unpaired) electrons. The molecule has 5 nitrogen and oxygen atoms in total. The molecule has 2 fully saturated rings. The van der Waals surface area contributed by atoms with E-state index in [1.165, 1.54) is 6.92 Å². The quantitative estimate of drug-likeness (QED) is 0.447. The van der Waals surface area contributed by atoms with E-state index >= 15 is 0 Å². The molecule has 17 heavy (non-hydrogen) atoms. The molecule has 0 aliphatic carbocycles. The van der Waals surface area contributed by atoms with E-state index in [-0.39, 0.29) is 42.5 Å². The first-order chi connectivity index (χ1) is 8.02. The predicted molar refractivity (Wildman–Crippen MR) is 64.8 cm³/mol. The number of rotatable bonds is 3. The van der Waals surface area contributed by atoms with Gasteiger partial charge in [0.2, 0.25) is 0 Å². The van der Waals surface area contributed by atoms with Gasteiger partial charge in [-0.3, -0.25) is 4.79 Å². The van der Waals surface area contributed by atoms with Crippen LogP contribution in [0.4, 0.5) is 0 Å². The molecule has 0 N–H and O–H groups in total. The zero-order chi connectivity index (χ0) is 12.6. The van der Waals surface area contributed by atoms with Crippen LogP contribution in [0.2, 0.25) is 6.32 Å². The molecule has 2 aliphatic heterocycles. The Balaban J connectivity index is 2.02. The van der Waals surface area contributed by atoms with Gasteiger partial charge in [-0.15, -0.1) is 0 Å². The van der Waals surface area contributed by atoms with Crippen LogP contribution < -0.4 is 0 Å². The molecule has 2 heterocycles. The minimum Gasteiger partial charge on any atom is -0.460 e. The van der Waals surface area contributed by atoms with Gasteiger partial charge < -0.3 is 18.8 Å². The lowest BCUT2D eigenvalue weighted by Gasteiger charge is -2.23. The summed E-state index contributed by atoms with van der Waals surface area (Å²) in [6, 6.07) is 0. The van der Waals surface area contributed by atoms with Crippen LogP contribution in [-0.2, 0) is 23.6 Å². The van der Waals surface area contributed by atoms with Crippen molar-refractivity contribution in [3.8, 4) is 0 Å². The van der Waals surface area contributed by atoms with Crippen molar-refractivity contribution in [3.05, 3.63) is 0 Å². The van der Waals surface area contributed by atoms with Gasteiger partial charge in [-0.25, -0.2) is 0 Å². The Morgan fingerprint density at radius 1 is 1.47 bits per heavy atom.